The molecule has 5 rings (SSSR count). The predicted octanol–water partition coefficient (Wildman–Crippen LogP) is 4.31. The second-order valence-corrected chi connectivity index (χ2v) is 7.67. The van der Waals surface area contributed by atoms with Gasteiger partial charge in [-0.1, -0.05) is 32.1 Å². The zero-order valence-electron chi connectivity index (χ0n) is 15.7. The molecule has 1 amide bonds. The lowest BCUT2D eigenvalue weighted by Crippen LogP contribution is -2.35. The number of carbonyl (C=O) groups excluding carboxylic acids is 1. The first kappa shape index (κ1) is 16.7. The lowest BCUT2D eigenvalue weighted by atomic mass is 9.79. The minimum absolute atomic E-state index is 0.0662. The minimum Gasteiger partial charge on any atom is -0.426 e. The maximum absolute atomic E-state index is 13.0. The number of para-hydroxylation sites is 2. The Bertz CT molecular complexity index is 1080. The molecule has 2 unspecified atom stereocenters. The third kappa shape index (κ3) is 2.52. The van der Waals surface area contributed by atoms with Crippen molar-refractivity contribution in [1.82, 2.24) is 9.97 Å². The van der Waals surface area contributed by atoms with Crippen molar-refractivity contribution < 1.29 is 9.53 Å². The number of ether oxygens (including phenoxy) is 1. The van der Waals surface area contributed by atoms with Gasteiger partial charge in [0.2, 0.25) is 5.91 Å². The van der Waals surface area contributed by atoms with E-state index in [1.54, 1.807) is 11.1 Å². The van der Waals surface area contributed by atoms with Crippen LogP contribution in [-0.4, -0.2) is 28.3 Å². The van der Waals surface area contributed by atoms with Crippen molar-refractivity contribution >= 4 is 28.8 Å². The van der Waals surface area contributed by atoms with Gasteiger partial charge in [-0.2, -0.15) is 4.98 Å². The van der Waals surface area contributed by atoms with Crippen LogP contribution in [0.15, 0.2) is 65.7 Å². The molecule has 3 aromatic rings. The molecule has 1 N–H and O–H groups in total. The van der Waals surface area contributed by atoms with E-state index in [0.717, 1.165) is 16.7 Å². The summed E-state index contributed by atoms with van der Waals surface area (Å²) in [7, 11) is 0. The third-order valence-corrected chi connectivity index (χ3v) is 5.53. The molecule has 0 saturated carbocycles. The normalized spacial score (nSPS) is 22.6. The molecule has 1 aromatic heterocycles. The quantitative estimate of drug-likeness (QED) is 0.745. The topological polar surface area (TPSA) is 70.6 Å². The van der Waals surface area contributed by atoms with Gasteiger partial charge in [-0.25, -0.2) is 0 Å². The van der Waals surface area contributed by atoms with Crippen molar-refractivity contribution in [2.24, 2.45) is 16.3 Å². The monoisotopic (exact) mass is 372 g/mol. The first-order valence-corrected chi connectivity index (χ1v) is 9.30. The molecule has 0 radical (unpaired) electrons. The first-order chi connectivity index (χ1) is 13.5. The van der Waals surface area contributed by atoms with Crippen LogP contribution in [0.3, 0.4) is 0 Å². The Kier molecular flexibility index (Phi) is 3.62. The first-order valence-electron chi connectivity index (χ1n) is 9.30. The SMILES string of the molecule is CC1(C)C(=O)N(c2ccc(Oc3nc4ccccc4[nH]3)cc2)C2N=CC=CC21. The summed E-state index contributed by atoms with van der Waals surface area (Å²) < 4.78 is 5.84. The Morgan fingerprint density at radius 1 is 1.11 bits per heavy atom. The number of H-pyrrole nitrogens is 1. The number of nitrogens with zero attached hydrogens (tertiary/aromatic N) is 3. The van der Waals surface area contributed by atoms with Crippen LogP contribution >= 0.6 is 0 Å². The number of hydrogen-bond donors (Lipinski definition) is 1. The molecule has 2 aliphatic heterocycles. The Labute approximate surface area is 162 Å². The van der Waals surface area contributed by atoms with E-state index < -0.39 is 5.41 Å². The molecule has 6 heteroatoms. The molecule has 1 fully saturated rings. The van der Waals surface area contributed by atoms with Crippen LogP contribution in [0.4, 0.5) is 5.69 Å². The lowest BCUT2D eigenvalue weighted by molar-refractivity contribution is -0.124. The molecule has 6 nitrogen and oxygen atoms in total. The number of aromatic nitrogens is 2. The number of carbonyl (C=O) groups is 1. The Morgan fingerprint density at radius 3 is 2.68 bits per heavy atom. The number of nitrogens with one attached hydrogen (secondary N) is 1. The zero-order valence-corrected chi connectivity index (χ0v) is 15.7. The van der Waals surface area contributed by atoms with E-state index in [4.69, 9.17) is 4.74 Å². The number of amides is 1. The molecule has 2 atom stereocenters. The van der Waals surface area contributed by atoms with Crippen LogP contribution in [0.1, 0.15) is 13.8 Å². The number of imidazole rings is 1. The number of hydrogen-bond acceptors (Lipinski definition) is 4. The summed E-state index contributed by atoms with van der Waals surface area (Å²) in [5, 5.41) is 0. The number of rotatable bonds is 3. The van der Waals surface area contributed by atoms with Gasteiger partial charge in [0.1, 0.15) is 11.9 Å². The van der Waals surface area contributed by atoms with Crippen molar-refractivity contribution in [1.29, 1.82) is 0 Å². The highest BCUT2D eigenvalue weighted by molar-refractivity contribution is 6.01. The van der Waals surface area contributed by atoms with Gasteiger partial charge in [0.05, 0.1) is 16.4 Å². The van der Waals surface area contributed by atoms with Gasteiger partial charge in [-0.05, 0) is 42.5 Å². The molecular formula is C22H20N4O2. The van der Waals surface area contributed by atoms with Crippen molar-refractivity contribution in [3.8, 4) is 11.8 Å². The second kappa shape index (κ2) is 6.05. The van der Waals surface area contributed by atoms with Gasteiger partial charge in [-0.15, -0.1) is 0 Å². The molecule has 2 aliphatic rings. The summed E-state index contributed by atoms with van der Waals surface area (Å²) in [5.41, 5.74) is 2.11. The average Bonchev–Trinajstić information content (AvgIpc) is 3.20. The van der Waals surface area contributed by atoms with Crippen LogP contribution in [0.2, 0.25) is 0 Å². The van der Waals surface area contributed by atoms with Crippen molar-refractivity contribution in [3.05, 3.63) is 60.7 Å². The van der Waals surface area contributed by atoms with Crippen LogP contribution in [-0.2, 0) is 4.79 Å². The molecular weight excluding hydrogens is 352 g/mol. The lowest BCUT2D eigenvalue weighted by Gasteiger charge is -2.25. The fourth-order valence-corrected chi connectivity index (χ4v) is 3.95. The Morgan fingerprint density at radius 2 is 1.89 bits per heavy atom. The summed E-state index contributed by atoms with van der Waals surface area (Å²) >= 11 is 0. The average molecular weight is 372 g/mol. The van der Waals surface area contributed by atoms with Crippen molar-refractivity contribution in [2.45, 2.75) is 20.0 Å². The molecule has 140 valence electrons. The van der Waals surface area contributed by atoms with Crippen LogP contribution in [0.25, 0.3) is 11.0 Å². The summed E-state index contributed by atoms with van der Waals surface area (Å²) in [4.78, 5) is 27.0. The standard InChI is InChI=1S/C22H20N4O2/c1-22(2)16-6-5-13-23-19(16)26(20(22)27)14-9-11-15(12-10-14)28-21-24-17-7-3-4-8-18(17)25-21/h3-13,16,19H,1-2H3,(H,24,25). The van der Waals surface area contributed by atoms with Crippen LogP contribution in [0, 0.1) is 11.3 Å². The third-order valence-electron chi connectivity index (χ3n) is 5.53. The molecule has 28 heavy (non-hydrogen) atoms. The van der Waals surface area contributed by atoms with E-state index in [1.165, 1.54) is 0 Å². The molecule has 2 aromatic carbocycles. The van der Waals surface area contributed by atoms with Crippen LogP contribution < -0.4 is 9.64 Å². The molecule has 0 aliphatic carbocycles. The van der Waals surface area contributed by atoms with Gasteiger partial charge in [-0.3, -0.25) is 14.7 Å². The summed E-state index contributed by atoms with van der Waals surface area (Å²) in [6, 6.07) is 15.7. The largest absolute Gasteiger partial charge is 0.426 e. The van der Waals surface area contributed by atoms with E-state index in [9.17, 15) is 4.79 Å². The van der Waals surface area contributed by atoms with Crippen molar-refractivity contribution in [3.63, 3.8) is 0 Å². The number of fused-ring (bicyclic) bond motifs is 2. The number of anilines is 1. The van der Waals surface area contributed by atoms with E-state index in [1.807, 2.05) is 68.5 Å². The molecule has 1 saturated heterocycles. The fraction of sp³-hybridized carbons (Fsp3) is 0.227. The number of allylic oxidation sites excluding steroid dienone is 1. The number of aromatic amines is 1. The summed E-state index contributed by atoms with van der Waals surface area (Å²) in [6.07, 6.45) is 5.56. The van der Waals surface area contributed by atoms with Crippen LogP contribution in [0.5, 0.6) is 11.8 Å². The van der Waals surface area contributed by atoms with E-state index in [-0.39, 0.29) is 18.0 Å². The van der Waals surface area contributed by atoms with Gasteiger partial charge in [0.25, 0.3) is 6.01 Å². The Hall–Kier alpha value is -3.41. The second-order valence-electron chi connectivity index (χ2n) is 7.67. The summed E-state index contributed by atoms with van der Waals surface area (Å²) in [5.74, 6) is 0.797. The van der Waals surface area contributed by atoms with Gasteiger partial charge in [0, 0.05) is 17.8 Å². The van der Waals surface area contributed by atoms with E-state index in [2.05, 4.69) is 21.0 Å². The molecule has 0 spiro atoms. The molecule has 0 bridgehead atoms. The smallest absolute Gasteiger partial charge is 0.300 e. The number of dihydropyridines is 1. The van der Waals surface area contributed by atoms with Crippen molar-refractivity contribution in [2.75, 3.05) is 4.90 Å². The fourth-order valence-electron chi connectivity index (χ4n) is 3.95. The van der Waals surface area contributed by atoms with E-state index >= 15 is 0 Å². The zero-order chi connectivity index (χ0) is 19.3. The maximum atomic E-state index is 13.0. The number of benzene rings is 2. The highest BCUT2D eigenvalue weighted by Gasteiger charge is 2.53. The highest BCUT2D eigenvalue weighted by atomic mass is 16.5. The van der Waals surface area contributed by atoms with Gasteiger partial charge < -0.3 is 9.72 Å². The summed E-state index contributed by atoms with van der Waals surface area (Å²) in [6.45, 7) is 3.97. The highest BCUT2D eigenvalue weighted by Crippen LogP contribution is 2.45. The maximum Gasteiger partial charge on any atom is 0.300 e. The Balaban J connectivity index is 1.41. The minimum atomic E-state index is -0.484. The van der Waals surface area contributed by atoms with E-state index in [0.29, 0.717) is 11.8 Å². The predicted molar refractivity (Wildman–Crippen MR) is 109 cm³/mol. The van der Waals surface area contributed by atoms with Gasteiger partial charge in [0.15, 0.2) is 0 Å². The molecule has 3 heterocycles. The number of aliphatic imine (C=N–C) groups is 1. The van der Waals surface area contributed by atoms with Gasteiger partial charge >= 0.3 is 0 Å².